The van der Waals surface area contributed by atoms with Gasteiger partial charge in [0, 0.05) is 32.9 Å². The van der Waals surface area contributed by atoms with E-state index in [4.69, 9.17) is 0 Å². The number of para-hydroxylation sites is 2. The Balaban J connectivity index is 1.12. The molecule has 0 aliphatic rings. The van der Waals surface area contributed by atoms with Crippen LogP contribution in [0.15, 0.2) is 255 Å². The molecule has 0 saturated carbocycles. The van der Waals surface area contributed by atoms with E-state index >= 15 is 0 Å². The Morgan fingerprint density at radius 3 is 1.24 bits per heavy atom. The van der Waals surface area contributed by atoms with Gasteiger partial charge in [-0.1, -0.05) is 200 Å². The quantitative estimate of drug-likeness (QED) is 0.107. The predicted octanol–water partition coefficient (Wildman–Crippen LogP) is 12.6. The summed E-state index contributed by atoms with van der Waals surface area (Å²) < 4.78 is 4.96. The molecule has 12 rings (SSSR count). The van der Waals surface area contributed by atoms with E-state index in [0.717, 1.165) is 11.4 Å². The van der Waals surface area contributed by atoms with Crippen molar-refractivity contribution in [2.75, 3.05) is 0 Å². The lowest BCUT2D eigenvalue weighted by molar-refractivity contribution is 1.17. The van der Waals surface area contributed by atoms with Crippen LogP contribution >= 0.6 is 0 Å². The van der Waals surface area contributed by atoms with Gasteiger partial charge in [0.05, 0.1) is 22.1 Å². The summed E-state index contributed by atoms with van der Waals surface area (Å²) in [6.45, 7) is 0. The van der Waals surface area contributed by atoms with Crippen molar-refractivity contribution in [2.24, 2.45) is 0 Å². The molecule has 0 fully saturated rings. The molecule has 0 amide bonds. The Kier molecular flexibility index (Phi) is 8.87. The fourth-order valence-corrected chi connectivity index (χ4v) is 15.3. The number of benzene rings is 10. The molecule has 63 heavy (non-hydrogen) atoms. The second-order valence-corrected chi connectivity index (χ2v) is 20.2. The van der Waals surface area contributed by atoms with Crippen LogP contribution in [0.2, 0.25) is 0 Å². The summed E-state index contributed by atoms with van der Waals surface area (Å²) >= 11 is 0. The van der Waals surface area contributed by atoms with E-state index < -0.39 is 8.07 Å². The average molecular weight is 819 g/mol. The van der Waals surface area contributed by atoms with Gasteiger partial charge < -0.3 is 9.13 Å². The summed E-state index contributed by atoms with van der Waals surface area (Å²) in [5.74, 6) is 0. The highest BCUT2D eigenvalue weighted by Crippen LogP contribution is 2.39. The van der Waals surface area contributed by atoms with E-state index in [1.54, 1.807) is 0 Å². The minimum absolute atomic E-state index is 1.14. The van der Waals surface area contributed by atoms with Crippen molar-refractivity contribution in [1.82, 2.24) is 9.13 Å². The highest BCUT2D eigenvalue weighted by Gasteiger charge is 2.43. The molecule has 12 aromatic rings. The van der Waals surface area contributed by atoms with Gasteiger partial charge in [-0.05, 0) is 97.6 Å². The molecular weight excluding hydrogens is 777 g/mol. The highest BCUT2D eigenvalue weighted by molar-refractivity contribution is 7.20. The molecule has 2 aromatic heterocycles. The number of rotatable bonds is 8. The van der Waals surface area contributed by atoms with Gasteiger partial charge in [-0.2, -0.15) is 0 Å². The number of fused-ring (bicyclic) bond motifs is 6. The van der Waals surface area contributed by atoms with Crippen LogP contribution in [0.3, 0.4) is 0 Å². The lowest BCUT2D eigenvalue weighted by Crippen LogP contribution is -2.74. The molecule has 0 aliphatic heterocycles. The number of aromatic nitrogens is 2. The maximum absolute atomic E-state index is 2.86. The first-order valence-electron chi connectivity index (χ1n) is 21.8. The zero-order valence-corrected chi connectivity index (χ0v) is 35.6. The first-order chi connectivity index (χ1) is 31.3. The molecule has 10 aromatic carbocycles. The third kappa shape index (κ3) is 5.93. The summed E-state index contributed by atoms with van der Waals surface area (Å²) in [5, 5.41) is 10.5. The van der Waals surface area contributed by atoms with E-state index in [-0.39, 0.29) is 0 Å². The first kappa shape index (κ1) is 36.8. The van der Waals surface area contributed by atoms with Crippen molar-refractivity contribution in [1.29, 1.82) is 0 Å². The molecule has 296 valence electrons. The maximum atomic E-state index is 2.50. The summed E-state index contributed by atoms with van der Waals surface area (Å²) in [6.07, 6.45) is 0. The maximum Gasteiger partial charge on any atom is 0.180 e. The molecule has 0 radical (unpaired) electrons. The van der Waals surface area contributed by atoms with Crippen molar-refractivity contribution in [3.63, 3.8) is 0 Å². The lowest BCUT2D eigenvalue weighted by atomic mass is 9.98. The smallest absolute Gasteiger partial charge is 0.180 e. The monoisotopic (exact) mass is 818 g/mol. The molecule has 0 atom stereocenters. The SMILES string of the molecule is c1ccc(-c2cc(-c3ccccc3)cc(-n3c4ccccc4c4cc(-n5c6ccccc6c6c([Si](c7ccccc7)(c7ccccc7)c7ccccc7)cccc65)ccc43)c2)cc1. The molecule has 0 spiro atoms. The normalized spacial score (nSPS) is 11.8. The van der Waals surface area contributed by atoms with E-state index in [2.05, 4.69) is 264 Å². The molecule has 2 nitrogen and oxygen atoms in total. The summed E-state index contributed by atoms with van der Waals surface area (Å²) in [5.41, 5.74) is 11.8. The fourth-order valence-electron chi connectivity index (χ4n) is 10.4. The Morgan fingerprint density at radius 1 is 0.254 bits per heavy atom. The fraction of sp³-hybridized carbons (Fsp3) is 0. The largest absolute Gasteiger partial charge is 0.309 e. The van der Waals surface area contributed by atoms with Crippen molar-refractivity contribution < 1.29 is 0 Å². The molecule has 0 bridgehead atoms. The molecule has 0 aliphatic carbocycles. The predicted molar refractivity (Wildman–Crippen MR) is 270 cm³/mol. The molecule has 2 heterocycles. The number of hydrogen-bond acceptors (Lipinski definition) is 0. The van der Waals surface area contributed by atoms with E-state index in [1.165, 1.54) is 86.6 Å². The van der Waals surface area contributed by atoms with Gasteiger partial charge in [0.25, 0.3) is 0 Å². The van der Waals surface area contributed by atoms with Crippen LogP contribution in [0.4, 0.5) is 0 Å². The third-order valence-corrected chi connectivity index (χ3v) is 17.8. The molecule has 0 saturated heterocycles. The first-order valence-corrected chi connectivity index (χ1v) is 23.8. The second-order valence-electron chi connectivity index (χ2n) is 16.5. The van der Waals surface area contributed by atoms with E-state index in [9.17, 15) is 0 Å². The van der Waals surface area contributed by atoms with Gasteiger partial charge in [0.1, 0.15) is 0 Å². The highest BCUT2D eigenvalue weighted by atomic mass is 28.3. The van der Waals surface area contributed by atoms with Crippen LogP contribution < -0.4 is 20.7 Å². The van der Waals surface area contributed by atoms with Crippen molar-refractivity contribution in [3.05, 3.63) is 255 Å². The van der Waals surface area contributed by atoms with Gasteiger partial charge in [-0.15, -0.1) is 0 Å². The zero-order valence-electron chi connectivity index (χ0n) is 34.6. The Bertz CT molecular complexity index is 3440. The summed E-state index contributed by atoms with van der Waals surface area (Å²) in [4.78, 5) is 0. The van der Waals surface area contributed by atoms with Crippen LogP contribution in [-0.4, -0.2) is 17.2 Å². The third-order valence-electron chi connectivity index (χ3n) is 13.0. The van der Waals surface area contributed by atoms with Crippen molar-refractivity contribution in [3.8, 4) is 33.6 Å². The zero-order chi connectivity index (χ0) is 41.7. The van der Waals surface area contributed by atoms with Gasteiger partial charge in [0.2, 0.25) is 0 Å². The minimum atomic E-state index is -2.86. The van der Waals surface area contributed by atoms with Gasteiger partial charge in [0.15, 0.2) is 8.07 Å². The van der Waals surface area contributed by atoms with Crippen molar-refractivity contribution >= 4 is 72.4 Å². The van der Waals surface area contributed by atoms with Gasteiger partial charge >= 0.3 is 0 Å². The van der Waals surface area contributed by atoms with Gasteiger partial charge in [-0.3, -0.25) is 0 Å². The summed E-state index contributed by atoms with van der Waals surface area (Å²) in [7, 11) is -2.86. The van der Waals surface area contributed by atoms with E-state index in [1.807, 2.05) is 0 Å². The Morgan fingerprint density at radius 2 is 0.683 bits per heavy atom. The second kappa shape index (κ2) is 15.2. The lowest BCUT2D eigenvalue weighted by Gasteiger charge is -2.35. The van der Waals surface area contributed by atoms with Crippen LogP contribution in [0, 0.1) is 0 Å². The molecule has 0 unspecified atom stereocenters. The van der Waals surface area contributed by atoms with E-state index in [0.29, 0.717) is 0 Å². The number of hydrogen-bond donors (Lipinski definition) is 0. The van der Waals surface area contributed by atoms with Gasteiger partial charge in [-0.25, -0.2) is 0 Å². The number of nitrogens with zero attached hydrogens (tertiary/aromatic N) is 2. The molecule has 0 N–H and O–H groups in total. The van der Waals surface area contributed by atoms with Crippen LogP contribution in [-0.2, 0) is 0 Å². The standard InChI is InChI=1S/C60H42N2Si/c1-6-21-43(22-7-1)45-39-46(44-23-8-2-9-24-44)41-48(40-45)62-55-33-18-16-31-52(55)54-42-47(37-38-57(54)62)61-56-34-19-17-32-53(56)60-58(61)35-20-36-59(60)63(49-25-10-3-11-26-49,50-27-12-4-13-28-50)51-29-14-5-15-30-51/h1-42H. The average Bonchev–Trinajstić information content (AvgIpc) is 3.89. The van der Waals surface area contributed by atoms with Crippen molar-refractivity contribution in [2.45, 2.75) is 0 Å². The molecule has 3 heteroatoms. The van der Waals surface area contributed by atoms with Crippen LogP contribution in [0.1, 0.15) is 0 Å². The van der Waals surface area contributed by atoms with Crippen LogP contribution in [0.5, 0.6) is 0 Å². The Hall–Kier alpha value is -7.98. The Labute approximate surface area is 368 Å². The minimum Gasteiger partial charge on any atom is -0.309 e. The topological polar surface area (TPSA) is 9.86 Å². The summed E-state index contributed by atoms with van der Waals surface area (Å²) in [6, 6.07) is 94.3. The molecular formula is C60H42N2Si. The van der Waals surface area contributed by atoms with Crippen LogP contribution in [0.25, 0.3) is 77.2 Å².